The van der Waals surface area contributed by atoms with E-state index in [9.17, 15) is 29.7 Å². The standard InChI is InChI=1S/C49H62N10O6/c1-4-22-51-46(62)41-27-52-47(56-45(41)55-42-18-10-35-7-6-33(5-2)44(35)54-42)53-37-12-16-39(17-13-37)58-30-48(31-58)25-40(26-48)59(49(63,64)65)28-32-20-23-57(24-21-32)38-14-8-34(9-15-38)36(29-60)11-19-43(61)50-3/h4,8-10,12-18,27,29,32-33,36,40,63-65H,1,5-7,11,19-26,28,30-31H2,2-3H3,(H,50,61)(H,51,62)(H2,52,53,54,55,56). The second-order valence-electron chi connectivity index (χ2n) is 18.3. The molecule has 4 aromatic rings. The number of carbonyl (C=O) groups is 3. The predicted octanol–water partition coefficient (Wildman–Crippen LogP) is 5.30. The van der Waals surface area contributed by atoms with Gasteiger partial charge in [0.2, 0.25) is 11.9 Å². The number of anilines is 6. The number of nitrogens with one attached hydrogen (secondary N) is 4. The fourth-order valence-electron chi connectivity index (χ4n) is 10.2. The summed E-state index contributed by atoms with van der Waals surface area (Å²) in [5, 5.41) is 43.5. The number of aryl methyl sites for hydroxylation is 1. The summed E-state index contributed by atoms with van der Waals surface area (Å²) >= 11 is 0. The predicted molar refractivity (Wildman–Crippen MR) is 250 cm³/mol. The van der Waals surface area contributed by atoms with E-state index in [0.29, 0.717) is 55.0 Å². The van der Waals surface area contributed by atoms with Crippen LogP contribution in [-0.2, 0) is 16.0 Å². The van der Waals surface area contributed by atoms with Crippen LogP contribution >= 0.6 is 0 Å². The maximum absolute atomic E-state index is 13.1. The average molecular weight is 887 g/mol. The first kappa shape index (κ1) is 45.6. The molecular formula is C49H62N10O6. The maximum Gasteiger partial charge on any atom is 0.346 e. The van der Waals surface area contributed by atoms with Gasteiger partial charge in [-0.1, -0.05) is 31.2 Å². The smallest absolute Gasteiger partial charge is 0.346 e. The van der Waals surface area contributed by atoms with Crippen molar-refractivity contribution in [3.63, 3.8) is 0 Å². The SMILES string of the molecule is C=CCNC(=O)c1cnc(Nc2ccc(N3CC4(CC(N(CC5CCN(c6ccc(C(C=O)CCC(=O)NC)cc6)CC5)C(O)(O)O)C4)C3)cc2)nc1Nc1ccc2c(n1)C(CC)CC2. The topological polar surface area (TPSA) is 208 Å². The highest BCUT2D eigenvalue weighted by molar-refractivity contribution is 5.99. The molecule has 65 heavy (non-hydrogen) atoms. The number of hydrogen-bond acceptors (Lipinski definition) is 14. The largest absolute Gasteiger partial charge is 0.372 e. The van der Waals surface area contributed by atoms with Crippen molar-refractivity contribution in [2.75, 3.05) is 66.7 Å². The Labute approximate surface area is 380 Å². The van der Waals surface area contributed by atoms with Gasteiger partial charge in [-0.3, -0.25) is 9.59 Å². The Morgan fingerprint density at radius 2 is 1.66 bits per heavy atom. The number of pyridine rings is 1. The van der Waals surface area contributed by atoms with Crippen LogP contribution in [-0.4, -0.2) is 112 Å². The van der Waals surface area contributed by atoms with Crippen molar-refractivity contribution in [2.24, 2.45) is 11.3 Å². The third kappa shape index (κ3) is 10.5. The molecule has 2 aromatic carbocycles. The quantitative estimate of drug-likeness (QED) is 0.0363. The van der Waals surface area contributed by atoms with Gasteiger partial charge in [-0.25, -0.2) is 14.9 Å². The molecular weight excluding hydrogens is 825 g/mol. The summed E-state index contributed by atoms with van der Waals surface area (Å²) in [6, 6.07) is 19.9. The Hall–Kier alpha value is -5.94. The number of aliphatic hydroxyl groups is 3. The minimum atomic E-state index is -2.89. The van der Waals surface area contributed by atoms with E-state index in [4.69, 9.17) is 9.97 Å². The van der Waals surface area contributed by atoms with E-state index in [2.05, 4.69) is 55.6 Å². The average Bonchev–Trinajstić information content (AvgIpc) is 3.70. The number of rotatable bonds is 19. The van der Waals surface area contributed by atoms with Gasteiger partial charge >= 0.3 is 6.10 Å². The molecule has 16 nitrogen and oxygen atoms in total. The summed E-state index contributed by atoms with van der Waals surface area (Å²) in [6.07, 6.45) is 8.22. The van der Waals surface area contributed by atoms with Crippen LogP contribution in [0.1, 0.15) is 97.3 Å². The lowest BCUT2D eigenvalue weighted by molar-refractivity contribution is -0.409. The number of hydrogen-bond donors (Lipinski definition) is 7. The fourth-order valence-corrected chi connectivity index (χ4v) is 10.2. The van der Waals surface area contributed by atoms with E-state index in [1.807, 2.05) is 54.6 Å². The van der Waals surface area contributed by atoms with Gasteiger partial charge in [0.25, 0.3) is 5.91 Å². The van der Waals surface area contributed by atoms with Gasteiger partial charge in [0.05, 0.1) is 0 Å². The Balaban J connectivity index is 0.826. The van der Waals surface area contributed by atoms with Gasteiger partial charge in [-0.2, -0.15) is 4.98 Å². The zero-order valence-electron chi connectivity index (χ0n) is 37.4. The highest BCUT2D eigenvalue weighted by Crippen LogP contribution is 2.52. The maximum atomic E-state index is 13.1. The monoisotopic (exact) mass is 886 g/mol. The van der Waals surface area contributed by atoms with E-state index < -0.39 is 6.10 Å². The molecule has 0 radical (unpaired) electrons. The molecule has 4 aliphatic rings. The fraction of sp³-hybridized carbons (Fsp3) is 0.469. The Morgan fingerprint density at radius 3 is 2.32 bits per heavy atom. The van der Waals surface area contributed by atoms with Gasteiger partial charge in [0.1, 0.15) is 23.5 Å². The molecule has 1 saturated carbocycles. The minimum Gasteiger partial charge on any atom is -0.372 e. The molecule has 2 aliphatic carbocycles. The van der Waals surface area contributed by atoms with Crippen molar-refractivity contribution >= 4 is 52.7 Å². The molecule has 7 N–H and O–H groups in total. The summed E-state index contributed by atoms with van der Waals surface area (Å²) < 4.78 is 0. The Kier molecular flexibility index (Phi) is 13.8. The molecule has 1 spiro atoms. The first-order valence-corrected chi connectivity index (χ1v) is 23.0. The van der Waals surface area contributed by atoms with Crippen LogP contribution in [0.25, 0.3) is 0 Å². The number of fused-ring (bicyclic) bond motifs is 1. The van der Waals surface area contributed by atoms with Crippen molar-refractivity contribution in [1.29, 1.82) is 0 Å². The molecule has 16 heteroatoms. The number of carbonyl (C=O) groups excluding carboxylic acids is 3. The summed E-state index contributed by atoms with van der Waals surface area (Å²) in [7, 11) is 1.59. The lowest BCUT2D eigenvalue weighted by atomic mass is 9.60. The zero-order valence-corrected chi connectivity index (χ0v) is 37.4. The molecule has 2 atom stereocenters. The van der Waals surface area contributed by atoms with Gasteiger partial charge in [-0.05, 0) is 111 Å². The van der Waals surface area contributed by atoms with Crippen molar-refractivity contribution in [1.82, 2.24) is 30.5 Å². The van der Waals surface area contributed by atoms with Crippen LogP contribution in [0.15, 0.2) is 79.5 Å². The zero-order chi connectivity index (χ0) is 45.7. The normalized spacial score (nSPS) is 18.6. The molecule has 8 rings (SSSR count). The highest BCUT2D eigenvalue weighted by atomic mass is 16.7. The first-order valence-electron chi connectivity index (χ1n) is 23.0. The summed E-state index contributed by atoms with van der Waals surface area (Å²) in [5.74, 6) is 1.16. The number of aldehydes is 1. The molecule has 3 fully saturated rings. The van der Waals surface area contributed by atoms with Crippen molar-refractivity contribution in [3.05, 3.63) is 102 Å². The lowest BCUT2D eigenvalue weighted by Gasteiger charge is -2.62. The molecule has 0 bridgehead atoms. The van der Waals surface area contributed by atoms with Crippen LogP contribution in [0.5, 0.6) is 0 Å². The second kappa shape index (κ2) is 19.7. The lowest BCUT2D eigenvalue weighted by Crippen LogP contribution is -2.70. The third-order valence-corrected chi connectivity index (χ3v) is 13.9. The van der Waals surface area contributed by atoms with E-state index in [0.717, 1.165) is 106 Å². The molecule has 2 aliphatic heterocycles. The molecule has 2 aromatic heterocycles. The van der Waals surface area contributed by atoms with E-state index in [-0.39, 0.29) is 35.1 Å². The summed E-state index contributed by atoms with van der Waals surface area (Å²) in [5.41, 5.74) is 6.51. The first-order chi connectivity index (χ1) is 31.4. The number of benzene rings is 2. The number of nitrogens with zero attached hydrogens (tertiary/aromatic N) is 6. The molecule has 2 amide bonds. The molecule has 2 unspecified atom stereocenters. The van der Waals surface area contributed by atoms with E-state index in [1.165, 1.54) is 16.7 Å². The highest BCUT2D eigenvalue weighted by Gasteiger charge is 2.56. The van der Waals surface area contributed by atoms with Crippen LogP contribution in [0.3, 0.4) is 0 Å². The van der Waals surface area contributed by atoms with Gasteiger partial charge in [0, 0.05) is 105 Å². The Morgan fingerprint density at radius 1 is 0.954 bits per heavy atom. The van der Waals surface area contributed by atoms with Gasteiger partial charge < -0.3 is 51.2 Å². The molecule has 344 valence electrons. The van der Waals surface area contributed by atoms with Crippen LogP contribution in [0, 0.1) is 11.3 Å². The van der Waals surface area contributed by atoms with Crippen molar-refractivity contribution < 1.29 is 29.7 Å². The minimum absolute atomic E-state index is 0.0496. The van der Waals surface area contributed by atoms with E-state index in [1.54, 1.807) is 13.1 Å². The van der Waals surface area contributed by atoms with Gasteiger partial charge in [-0.15, -0.1) is 6.58 Å². The van der Waals surface area contributed by atoms with Crippen molar-refractivity contribution in [2.45, 2.75) is 88.7 Å². The van der Waals surface area contributed by atoms with Crippen LogP contribution in [0.2, 0.25) is 0 Å². The van der Waals surface area contributed by atoms with E-state index >= 15 is 0 Å². The molecule has 4 heterocycles. The van der Waals surface area contributed by atoms with Crippen LogP contribution < -0.4 is 31.1 Å². The second-order valence-corrected chi connectivity index (χ2v) is 18.3. The molecule has 2 saturated heterocycles. The number of piperidine rings is 1. The number of amides is 2. The van der Waals surface area contributed by atoms with Crippen LogP contribution in [0.4, 0.5) is 34.6 Å². The third-order valence-electron chi connectivity index (χ3n) is 13.9. The Bertz CT molecular complexity index is 2320. The van der Waals surface area contributed by atoms with Gasteiger partial charge in [0.15, 0.2) is 0 Å². The summed E-state index contributed by atoms with van der Waals surface area (Å²) in [6.45, 7) is 9.82. The summed E-state index contributed by atoms with van der Waals surface area (Å²) in [4.78, 5) is 56.7. The number of aromatic nitrogens is 3. The van der Waals surface area contributed by atoms with Crippen molar-refractivity contribution in [3.8, 4) is 0 Å².